The van der Waals surface area contributed by atoms with Crippen LogP contribution in [-0.2, 0) is 4.79 Å². The van der Waals surface area contributed by atoms with Gasteiger partial charge in [-0.15, -0.1) is 0 Å². The second-order valence-electron chi connectivity index (χ2n) is 4.07. The number of aliphatic hydroxyl groups is 1. The van der Waals surface area contributed by atoms with Crippen LogP contribution < -0.4 is 0 Å². The van der Waals surface area contributed by atoms with E-state index in [0.717, 1.165) is 25.7 Å². The summed E-state index contributed by atoms with van der Waals surface area (Å²) in [5, 5.41) is 18.4. The highest BCUT2D eigenvalue weighted by atomic mass is 16.4. The Balaban J connectivity index is 2.42. The van der Waals surface area contributed by atoms with E-state index in [1.165, 1.54) is 0 Å². The highest BCUT2D eigenvalue weighted by Gasteiger charge is 2.39. The first-order valence-electron chi connectivity index (χ1n) is 5.04. The Morgan fingerprint density at radius 1 is 1.46 bits per heavy atom. The van der Waals surface area contributed by atoms with Crippen LogP contribution in [0.3, 0.4) is 0 Å². The van der Waals surface area contributed by atoms with E-state index in [1.54, 1.807) is 0 Å². The quantitative estimate of drug-likeness (QED) is 0.706. The van der Waals surface area contributed by atoms with Crippen LogP contribution in [0.4, 0.5) is 0 Å². The molecule has 0 atom stereocenters. The first-order valence-corrected chi connectivity index (χ1v) is 5.04. The maximum atomic E-state index is 10.7. The lowest BCUT2D eigenvalue weighted by Gasteiger charge is -2.32. The van der Waals surface area contributed by atoms with Gasteiger partial charge in [0.25, 0.3) is 0 Å². The third kappa shape index (κ3) is 2.44. The molecule has 0 aliphatic heterocycles. The predicted molar refractivity (Wildman–Crippen MR) is 49.5 cm³/mol. The highest BCUT2D eigenvalue weighted by Crippen LogP contribution is 2.34. The Morgan fingerprint density at radius 3 is 2.38 bits per heavy atom. The summed E-state index contributed by atoms with van der Waals surface area (Å²) < 4.78 is 0. The number of carboxylic acid groups (broad SMARTS) is 1. The van der Waals surface area contributed by atoms with Gasteiger partial charge in [0.05, 0.1) is 0 Å². The fourth-order valence-electron chi connectivity index (χ4n) is 2.07. The molecule has 0 aromatic rings. The second kappa shape index (κ2) is 4.09. The Labute approximate surface area is 78.8 Å². The maximum Gasteiger partial charge on any atom is 0.335 e. The summed E-state index contributed by atoms with van der Waals surface area (Å²) in [6.45, 7) is 2.14. The molecule has 0 bridgehead atoms. The highest BCUT2D eigenvalue weighted by molar-refractivity contribution is 5.77. The number of aliphatic carboxylic acids is 1. The third-order valence-electron chi connectivity index (χ3n) is 3.03. The van der Waals surface area contributed by atoms with Gasteiger partial charge < -0.3 is 10.2 Å². The van der Waals surface area contributed by atoms with Gasteiger partial charge in [0.15, 0.2) is 5.60 Å². The predicted octanol–water partition coefficient (Wildman–Crippen LogP) is 1.79. The molecule has 0 spiro atoms. The number of carboxylic acids is 1. The summed E-state index contributed by atoms with van der Waals surface area (Å²) in [5.41, 5.74) is -1.43. The van der Waals surface area contributed by atoms with Crippen LogP contribution >= 0.6 is 0 Å². The first-order chi connectivity index (χ1) is 6.08. The van der Waals surface area contributed by atoms with E-state index in [1.807, 2.05) is 0 Å². The molecule has 3 heteroatoms. The van der Waals surface area contributed by atoms with Gasteiger partial charge in [0.1, 0.15) is 0 Å². The summed E-state index contributed by atoms with van der Waals surface area (Å²) in [6, 6.07) is 0. The van der Waals surface area contributed by atoms with Gasteiger partial charge in [-0.1, -0.05) is 19.8 Å². The van der Waals surface area contributed by atoms with Crippen LogP contribution in [0.15, 0.2) is 0 Å². The molecule has 3 nitrogen and oxygen atoms in total. The number of carbonyl (C=O) groups is 1. The molecule has 1 rings (SSSR count). The maximum absolute atomic E-state index is 10.7. The van der Waals surface area contributed by atoms with Crippen LogP contribution in [0.2, 0.25) is 0 Å². The summed E-state index contributed by atoms with van der Waals surface area (Å²) in [7, 11) is 0. The second-order valence-corrected chi connectivity index (χ2v) is 4.07. The molecule has 0 amide bonds. The van der Waals surface area contributed by atoms with Gasteiger partial charge in [0, 0.05) is 0 Å². The van der Waals surface area contributed by atoms with Crippen LogP contribution in [0.1, 0.15) is 45.4 Å². The van der Waals surface area contributed by atoms with Crippen LogP contribution in [0.5, 0.6) is 0 Å². The largest absolute Gasteiger partial charge is 0.479 e. The molecular formula is C10H18O3. The lowest BCUT2D eigenvalue weighted by molar-refractivity contribution is -0.162. The molecule has 1 fully saturated rings. The molecular weight excluding hydrogens is 168 g/mol. The molecule has 1 saturated carbocycles. The molecule has 0 radical (unpaired) electrons. The van der Waals surface area contributed by atoms with E-state index < -0.39 is 11.6 Å². The van der Waals surface area contributed by atoms with Gasteiger partial charge in [0.2, 0.25) is 0 Å². The molecule has 0 aromatic heterocycles. The van der Waals surface area contributed by atoms with Gasteiger partial charge in [-0.2, -0.15) is 0 Å². The van der Waals surface area contributed by atoms with Crippen molar-refractivity contribution in [2.45, 2.75) is 51.0 Å². The molecule has 1 aliphatic rings. The molecule has 0 heterocycles. The standard InChI is InChI=1S/C10H18O3/c1-2-3-8-4-6-10(13,7-5-8)9(11)12/h8,13H,2-7H2,1H3,(H,11,12). The Bertz CT molecular complexity index is 181. The topological polar surface area (TPSA) is 57.5 Å². The minimum Gasteiger partial charge on any atom is -0.479 e. The first kappa shape index (κ1) is 10.5. The van der Waals surface area contributed by atoms with Crippen LogP contribution in [0, 0.1) is 5.92 Å². The van der Waals surface area contributed by atoms with E-state index >= 15 is 0 Å². The Morgan fingerprint density at radius 2 is 2.00 bits per heavy atom. The van der Waals surface area contributed by atoms with Gasteiger partial charge in [-0.25, -0.2) is 4.79 Å². The fraction of sp³-hybridized carbons (Fsp3) is 0.900. The lowest BCUT2D eigenvalue weighted by atomic mass is 9.77. The van der Waals surface area contributed by atoms with Crippen molar-refractivity contribution in [1.82, 2.24) is 0 Å². The zero-order valence-corrected chi connectivity index (χ0v) is 8.12. The molecule has 1 aliphatic carbocycles. The minimum absolute atomic E-state index is 0.424. The van der Waals surface area contributed by atoms with E-state index in [9.17, 15) is 9.90 Å². The van der Waals surface area contributed by atoms with Crippen molar-refractivity contribution in [3.05, 3.63) is 0 Å². The fourth-order valence-corrected chi connectivity index (χ4v) is 2.07. The zero-order valence-electron chi connectivity index (χ0n) is 8.12. The average molecular weight is 186 g/mol. The molecule has 2 N–H and O–H groups in total. The monoisotopic (exact) mass is 186 g/mol. The smallest absolute Gasteiger partial charge is 0.335 e. The van der Waals surface area contributed by atoms with Crippen molar-refractivity contribution < 1.29 is 15.0 Å². The van der Waals surface area contributed by atoms with Crippen LogP contribution in [0.25, 0.3) is 0 Å². The number of rotatable bonds is 3. The third-order valence-corrected chi connectivity index (χ3v) is 3.03. The Hall–Kier alpha value is -0.570. The molecule has 0 saturated heterocycles. The number of hydrogen-bond acceptors (Lipinski definition) is 2. The molecule has 0 aromatic carbocycles. The van der Waals surface area contributed by atoms with E-state index in [-0.39, 0.29) is 0 Å². The van der Waals surface area contributed by atoms with Gasteiger partial charge in [-0.05, 0) is 31.6 Å². The molecule has 13 heavy (non-hydrogen) atoms. The van der Waals surface area contributed by atoms with Gasteiger partial charge in [-0.3, -0.25) is 0 Å². The summed E-state index contributed by atoms with van der Waals surface area (Å²) in [5.74, 6) is -0.424. The Kier molecular flexibility index (Phi) is 3.31. The minimum atomic E-state index is -1.43. The van der Waals surface area contributed by atoms with Gasteiger partial charge >= 0.3 is 5.97 Å². The van der Waals surface area contributed by atoms with Crippen molar-refractivity contribution in [2.24, 2.45) is 5.92 Å². The normalized spacial score (nSPS) is 34.5. The molecule has 0 unspecified atom stereocenters. The van der Waals surface area contributed by atoms with E-state index in [4.69, 9.17) is 5.11 Å². The molecule has 76 valence electrons. The van der Waals surface area contributed by atoms with Crippen molar-refractivity contribution >= 4 is 5.97 Å². The zero-order chi connectivity index (χ0) is 9.90. The summed E-state index contributed by atoms with van der Waals surface area (Å²) in [4.78, 5) is 10.7. The SMILES string of the molecule is CCCC1CCC(O)(C(=O)O)CC1. The number of hydrogen-bond donors (Lipinski definition) is 2. The summed E-state index contributed by atoms with van der Waals surface area (Å²) in [6.07, 6.45) is 4.87. The van der Waals surface area contributed by atoms with Crippen molar-refractivity contribution in [3.63, 3.8) is 0 Å². The lowest BCUT2D eigenvalue weighted by Crippen LogP contribution is -2.41. The average Bonchev–Trinajstić information content (AvgIpc) is 2.09. The van der Waals surface area contributed by atoms with Crippen molar-refractivity contribution in [3.8, 4) is 0 Å². The van der Waals surface area contributed by atoms with E-state index in [2.05, 4.69) is 6.92 Å². The van der Waals surface area contributed by atoms with E-state index in [0.29, 0.717) is 18.8 Å². The van der Waals surface area contributed by atoms with Crippen molar-refractivity contribution in [1.29, 1.82) is 0 Å². The van der Waals surface area contributed by atoms with Crippen molar-refractivity contribution in [2.75, 3.05) is 0 Å². The summed E-state index contributed by atoms with van der Waals surface area (Å²) >= 11 is 0. The van der Waals surface area contributed by atoms with Crippen LogP contribution in [-0.4, -0.2) is 21.8 Å².